The number of aryl methyl sites for hydroxylation is 2. The van der Waals surface area contributed by atoms with E-state index in [1.54, 1.807) is 23.9 Å². The molecule has 1 amide bonds. The molecule has 5 aromatic rings. The first-order valence-corrected chi connectivity index (χ1v) is 12.5. The van der Waals surface area contributed by atoms with Gasteiger partial charge in [-0.2, -0.15) is 10.2 Å². The number of aromatic nitrogens is 8. The first kappa shape index (κ1) is 24.3. The van der Waals surface area contributed by atoms with Crippen LogP contribution in [0.15, 0.2) is 55.0 Å². The molecule has 0 atom stereocenters. The van der Waals surface area contributed by atoms with E-state index in [4.69, 9.17) is 0 Å². The van der Waals surface area contributed by atoms with E-state index in [2.05, 4.69) is 45.9 Å². The summed E-state index contributed by atoms with van der Waals surface area (Å²) >= 11 is 0. The average Bonchev–Trinajstić information content (AvgIpc) is 3.51. The lowest BCUT2D eigenvalue weighted by atomic mass is 10.2. The Bertz CT molecular complexity index is 1660. The summed E-state index contributed by atoms with van der Waals surface area (Å²) < 4.78 is 16.7. The van der Waals surface area contributed by atoms with Crippen molar-refractivity contribution in [1.29, 1.82) is 0 Å². The Labute approximate surface area is 223 Å². The van der Waals surface area contributed by atoms with Crippen molar-refractivity contribution in [1.82, 2.24) is 45.2 Å². The van der Waals surface area contributed by atoms with Crippen LogP contribution in [0.5, 0.6) is 0 Å². The number of carbonyl (C=O) groups excluding carboxylic acids is 1. The second-order valence-electron chi connectivity index (χ2n) is 9.50. The van der Waals surface area contributed by atoms with Gasteiger partial charge in [-0.3, -0.25) is 9.89 Å². The molecule has 0 radical (unpaired) electrons. The molecule has 3 N–H and O–H groups in total. The highest BCUT2D eigenvalue weighted by Crippen LogP contribution is 2.39. The van der Waals surface area contributed by atoms with Crippen LogP contribution in [0, 0.1) is 19.7 Å². The van der Waals surface area contributed by atoms with Gasteiger partial charge in [-0.15, -0.1) is 0 Å². The van der Waals surface area contributed by atoms with Gasteiger partial charge in [0.15, 0.2) is 29.0 Å². The fourth-order valence-corrected chi connectivity index (χ4v) is 4.09. The van der Waals surface area contributed by atoms with Gasteiger partial charge in [0, 0.05) is 60.1 Å². The highest BCUT2D eigenvalue weighted by Gasteiger charge is 2.26. The number of hydrogen-bond donors (Lipinski definition) is 3. The summed E-state index contributed by atoms with van der Waals surface area (Å²) in [6.45, 7) is 3.86. The molecule has 0 aromatic carbocycles. The molecular formula is C27H25FN10O. The minimum Gasteiger partial charge on any atom is -0.346 e. The van der Waals surface area contributed by atoms with Crippen molar-refractivity contribution in [3.63, 3.8) is 0 Å². The number of anilines is 2. The Hall–Kier alpha value is -5.00. The Morgan fingerprint density at radius 2 is 1.95 bits per heavy atom. The minimum absolute atomic E-state index is 0.171. The van der Waals surface area contributed by atoms with Crippen LogP contribution in [0.3, 0.4) is 0 Å². The molecule has 0 spiro atoms. The number of nitrogens with zero attached hydrogens (tertiary/aromatic N) is 7. The van der Waals surface area contributed by atoms with E-state index < -0.39 is 11.7 Å². The average molecular weight is 525 g/mol. The van der Waals surface area contributed by atoms with Crippen LogP contribution >= 0.6 is 0 Å². The maximum atomic E-state index is 14.9. The third-order valence-corrected chi connectivity index (χ3v) is 6.23. The number of carbonyl (C=O) groups is 1. The van der Waals surface area contributed by atoms with Crippen LogP contribution < -0.4 is 10.6 Å². The van der Waals surface area contributed by atoms with Crippen molar-refractivity contribution in [3.8, 4) is 17.2 Å². The topological polar surface area (TPSA) is 139 Å². The molecule has 5 heterocycles. The maximum Gasteiger partial charge on any atom is 0.273 e. The molecule has 1 fully saturated rings. The molecule has 1 aliphatic rings. The van der Waals surface area contributed by atoms with Gasteiger partial charge in [0.25, 0.3) is 5.91 Å². The number of H-pyrrole nitrogens is 1. The number of pyridine rings is 2. The van der Waals surface area contributed by atoms with E-state index in [1.807, 2.05) is 37.4 Å². The molecule has 12 heteroatoms. The van der Waals surface area contributed by atoms with E-state index in [-0.39, 0.29) is 18.1 Å². The van der Waals surface area contributed by atoms with E-state index in [0.29, 0.717) is 34.6 Å². The zero-order valence-corrected chi connectivity index (χ0v) is 21.3. The van der Waals surface area contributed by atoms with Gasteiger partial charge < -0.3 is 10.6 Å². The van der Waals surface area contributed by atoms with E-state index in [1.165, 1.54) is 25.1 Å². The number of rotatable bonds is 8. The lowest BCUT2D eigenvalue weighted by Gasteiger charge is -2.09. The van der Waals surface area contributed by atoms with Gasteiger partial charge in [-0.05, 0) is 50.5 Å². The Kier molecular flexibility index (Phi) is 6.27. The standard InChI is InChI=1S/C27H25FN10O/c1-15-9-22(33-23-10-16(2)35-36-23)34-26(32-15)19-11-20(28)25(30-14-19)27(39)31-13-17-3-6-24(29-12-17)38-8-7-21(37-38)18-4-5-18/h3,6-12,14,18H,4-5,13H2,1-2H3,(H,31,39)(H2,32,33,34,35,36). The fraction of sp³-hybridized carbons (Fsp3) is 0.222. The number of halogens is 1. The Balaban J connectivity index is 1.11. The van der Waals surface area contributed by atoms with Gasteiger partial charge in [-0.25, -0.2) is 29.0 Å². The molecule has 0 aliphatic heterocycles. The predicted octanol–water partition coefficient (Wildman–Crippen LogP) is 4.15. The lowest BCUT2D eigenvalue weighted by molar-refractivity contribution is 0.0941. The third kappa shape index (κ3) is 5.49. The second kappa shape index (κ2) is 10.0. The Morgan fingerprint density at radius 1 is 1.08 bits per heavy atom. The van der Waals surface area contributed by atoms with Crippen molar-refractivity contribution >= 4 is 17.5 Å². The van der Waals surface area contributed by atoms with Gasteiger partial charge in [0.05, 0.1) is 5.69 Å². The molecular weight excluding hydrogens is 499 g/mol. The second-order valence-corrected chi connectivity index (χ2v) is 9.50. The molecule has 1 saturated carbocycles. The summed E-state index contributed by atoms with van der Waals surface area (Å²) in [7, 11) is 0. The van der Waals surface area contributed by atoms with Crippen LogP contribution in [0.25, 0.3) is 17.2 Å². The van der Waals surface area contributed by atoms with E-state index >= 15 is 0 Å². The van der Waals surface area contributed by atoms with E-state index in [0.717, 1.165) is 17.0 Å². The summed E-state index contributed by atoms with van der Waals surface area (Å²) in [6.07, 6.45) is 7.31. The molecule has 11 nitrogen and oxygen atoms in total. The van der Waals surface area contributed by atoms with Crippen LogP contribution in [-0.4, -0.2) is 45.8 Å². The number of nitrogens with one attached hydrogen (secondary N) is 3. The highest BCUT2D eigenvalue weighted by molar-refractivity contribution is 5.92. The SMILES string of the molecule is Cc1cc(Nc2cc(C)[nH]n2)nc(-c2cnc(C(=O)NCc3ccc(-n4ccc(C5CC5)n4)nc3)c(F)c2)n1. The summed E-state index contributed by atoms with van der Waals surface area (Å²) in [5, 5.41) is 17.3. The fourth-order valence-electron chi connectivity index (χ4n) is 4.09. The molecule has 0 unspecified atom stereocenters. The zero-order valence-electron chi connectivity index (χ0n) is 21.3. The number of hydrogen-bond acceptors (Lipinski definition) is 8. The normalized spacial score (nSPS) is 12.9. The molecule has 5 aromatic heterocycles. The summed E-state index contributed by atoms with van der Waals surface area (Å²) in [6, 6.07) is 10.5. The third-order valence-electron chi connectivity index (χ3n) is 6.23. The number of aromatic amines is 1. The monoisotopic (exact) mass is 524 g/mol. The van der Waals surface area contributed by atoms with Crippen LogP contribution in [-0.2, 0) is 6.54 Å². The first-order valence-electron chi connectivity index (χ1n) is 12.5. The largest absolute Gasteiger partial charge is 0.346 e. The van der Waals surface area contributed by atoms with Crippen LogP contribution in [0.2, 0.25) is 0 Å². The molecule has 196 valence electrons. The van der Waals surface area contributed by atoms with Crippen molar-refractivity contribution in [2.45, 2.75) is 39.2 Å². The van der Waals surface area contributed by atoms with E-state index in [9.17, 15) is 9.18 Å². The Morgan fingerprint density at radius 3 is 2.67 bits per heavy atom. The smallest absolute Gasteiger partial charge is 0.273 e. The summed E-state index contributed by atoms with van der Waals surface area (Å²) in [4.78, 5) is 30.0. The minimum atomic E-state index is -0.772. The molecule has 0 saturated heterocycles. The lowest BCUT2D eigenvalue weighted by Crippen LogP contribution is -2.25. The predicted molar refractivity (Wildman–Crippen MR) is 141 cm³/mol. The van der Waals surface area contributed by atoms with Crippen LogP contribution in [0.4, 0.5) is 16.0 Å². The quantitative estimate of drug-likeness (QED) is 0.275. The van der Waals surface area contributed by atoms with Gasteiger partial charge in [-0.1, -0.05) is 6.07 Å². The summed E-state index contributed by atoms with van der Waals surface area (Å²) in [5.41, 5.74) is 3.45. The zero-order chi connectivity index (χ0) is 26.9. The first-order chi connectivity index (χ1) is 18.9. The van der Waals surface area contributed by atoms with Crippen LogP contribution in [0.1, 0.15) is 51.9 Å². The molecule has 6 rings (SSSR count). The summed E-state index contributed by atoms with van der Waals surface area (Å²) in [5.74, 6) is 1.23. The van der Waals surface area contributed by atoms with Crippen molar-refractivity contribution in [3.05, 3.63) is 89.1 Å². The molecule has 39 heavy (non-hydrogen) atoms. The van der Waals surface area contributed by atoms with Crippen molar-refractivity contribution < 1.29 is 9.18 Å². The number of amides is 1. The molecule has 1 aliphatic carbocycles. The molecule has 0 bridgehead atoms. The van der Waals surface area contributed by atoms with Crippen molar-refractivity contribution in [2.75, 3.05) is 5.32 Å². The highest BCUT2D eigenvalue weighted by atomic mass is 19.1. The van der Waals surface area contributed by atoms with Gasteiger partial charge in [0.2, 0.25) is 0 Å². The van der Waals surface area contributed by atoms with Gasteiger partial charge in [0.1, 0.15) is 5.82 Å². The maximum absolute atomic E-state index is 14.9. The van der Waals surface area contributed by atoms with Crippen molar-refractivity contribution in [2.24, 2.45) is 0 Å². The van der Waals surface area contributed by atoms with Gasteiger partial charge >= 0.3 is 0 Å².